The van der Waals surface area contributed by atoms with Crippen LogP contribution in [0, 0.1) is 0 Å². The van der Waals surface area contributed by atoms with Crippen molar-refractivity contribution in [3.8, 4) is 0 Å². The summed E-state index contributed by atoms with van der Waals surface area (Å²) < 4.78 is 22.2. The third-order valence-electron chi connectivity index (χ3n) is 2.50. The van der Waals surface area contributed by atoms with E-state index in [0.29, 0.717) is 16.4 Å². The monoisotopic (exact) mass is 344 g/mol. The predicted molar refractivity (Wildman–Crippen MR) is 83.6 cm³/mol. The molecule has 0 aliphatic carbocycles. The Morgan fingerprint density at radius 2 is 1.29 bits per heavy atom. The average Bonchev–Trinajstić information content (AvgIpc) is 2.41. The van der Waals surface area contributed by atoms with Gasteiger partial charge in [-0.2, -0.15) is 0 Å². The van der Waals surface area contributed by atoms with Crippen LogP contribution in [0.25, 0.3) is 0 Å². The third kappa shape index (κ3) is 4.63. The van der Waals surface area contributed by atoms with E-state index < -0.39 is 15.1 Å². The average molecular weight is 345 g/mol. The molecule has 21 heavy (non-hydrogen) atoms. The van der Waals surface area contributed by atoms with Crippen molar-refractivity contribution in [2.24, 2.45) is 0 Å². The van der Waals surface area contributed by atoms with Gasteiger partial charge in [-0.05, 0) is 48.5 Å². The van der Waals surface area contributed by atoms with Crippen LogP contribution < -0.4 is 10.6 Å². The predicted octanol–water partition coefficient (Wildman–Crippen LogP) is 3.91. The maximum absolute atomic E-state index is 11.7. The molecule has 0 atom stereocenters. The first-order valence-corrected chi connectivity index (χ1v) is 8.41. The molecule has 0 aromatic heterocycles. The number of carbonyl (C=O) groups excluding carboxylic acids is 1. The van der Waals surface area contributed by atoms with Crippen molar-refractivity contribution in [3.05, 3.63) is 53.6 Å². The Kier molecular flexibility index (Phi) is 4.72. The highest BCUT2D eigenvalue weighted by molar-refractivity contribution is 8.13. The minimum absolute atomic E-state index is 0.0344. The van der Waals surface area contributed by atoms with Crippen molar-refractivity contribution >= 4 is 48.7 Å². The number of carbonyl (C=O) groups is 1. The van der Waals surface area contributed by atoms with E-state index in [-0.39, 0.29) is 4.90 Å². The molecule has 0 spiro atoms. The van der Waals surface area contributed by atoms with Crippen LogP contribution in [0.1, 0.15) is 0 Å². The Hall–Kier alpha value is -1.76. The van der Waals surface area contributed by atoms with Gasteiger partial charge in [0, 0.05) is 27.1 Å². The first-order valence-electron chi connectivity index (χ1n) is 5.73. The van der Waals surface area contributed by atoms with Gasteiger partial charge < -0.3 is 10.6 Å². The van der Waals surface area contributed by atoms with Gasteiger partial charge in [0.1, 0.15) is 0 Å². The molecule has 2 aromatic carbocycles. The normalized spacial score (nSPS) is 11.0. The second-order valence-corrected chi connectivity index (χ2v) is 7.05. The quantitative estimate of drug-likeness (QED) is 0.828. The highest BCUT2D eigenvalue weighted by Gasteiger charge is 2.09. The van der Waals surface area contributed by atoms with Crippen LogP contribution in [-0.4, -0.2) is 14.4 Å². The molecule has 2 rings (SSSR count). The Balaban J connectivity index is 2.01. The summed E-state index contributed by atoms with van der Waals surface area (Å²) in [5.41, 5.74) is 1.02. The summed E-state index contributed by atoms with van der Waals surface area (Å²) in [5, 5.41) is 5.74. The highest BCUT2D eigenvalue weighted by atomic mass is 35.7. The fourth-order valence-corrected chi connectivity index (χ4v) is 2.42. The number of benzene rings is 2. The molecule has 0 radical (unpaired) electrons. The topological polar surface area (TPSA) is 75.3 Å². The molecule has 0 bridgehead atoms. The van der Waals surface area contributed by atoms with Crippen LogP contribution >= 0.6 is 22.3 Å². The van der Waals surface area contributed by atoms with E-state index in [1.54, 1.807) is 24.3 Å². The summed E-state index contributed by atoms with van der Waals surface area (Å²) in [6.45, 7) is 0. The number of nitrogens with one attached hydrogen (secondary N) is 2. The highest BCUT2D eigenvalue weighted by Crippen LogP contribution is 2.18. The van der Waals surface area contributed by atoms with Crippen molar-refractivity contribution in [2.75, 3.05) is 10.6 Å². The van der Waals surface area contributed by atoms with Crippen LogP contribution in [0.4, 0.5) is 16.2 Å². The van der Waals surface area contributed by atoms with E-state index in [0.717, 1.165) is 0 Å². The van der Waals surface area contributed by atoms with Crippen LogP contribution in [0.15, 0.2) is 53.4 Å². The molecule has 0 unspecified atom stereocenters. The molecule has 0 aliphatic rings. The lowest BCUT2D eigenvalue weighted by molar-refractivity contribution is 0.262. The molecule has 2 amide bonds. The number of hydrogen-bond donors (Lipinski definition) is 2. The second kappa shape index (κ2) is 6.34. The molecule has 2 N–H and O–H groups in total. The Morgan fingerprint density at radius 1 is 0.857 bits per heavy atom. The van der Waals surface area contributed by atoms with Gasteiger partial charge >= 0.3 is 6.03 Å². The largest absolute Gasteiger partial charge is 0.323 e. The van der Waals surface area contributed by atoms with Gasteiger partial charge in [0.2, 0.25) is 0 Å². The van der Waals surface area contributed by atoms with E-state index >= 15 is 0 Å². The molecule has 110 valence electrons. The van der Waals surface area contributed by atoms with Gasteiger partial charge in [-0.3, -0.25) is 0 Å². The molecule has 8 heteroatoms. The number of anilines is 2. The van der Waals surface area contributed by atoms with Crippen molar-refractivity contribution < 1.29 is 13.2 Å². The fourth-order valence-electron chi connectivity index (χ4n) is 1.53. The zero-order valence-corrected chi connectivity index (χ0v) is 12.8. The van der Waals surface area contributed by atoms with E-state index in [9.17, 15) is 13.2 Å². The van der Waals surface area contributed by atoms with Gasteiger partial charge in [-0.15, -0.1) is 0 Å². The lowest BCUT2D eigenvalue weighted by Crippen LogP contribution is -2.19. The van der Waals surface area contributed by atoms with Crippen LogP contribution in [0.3, 0.4) is 0 Å². The Labute approximate surface area is 131 Å². The first-order chi connectivity index (χ1) is 9.84. The van der Waals surface area contributed by atoms with Crippen LogP contribution in [0.5, 0.6) is 0 Å². The molecule has 0 aliphatic heterocycles. The molecule has 0 saturated carbocycles. The first kappa shape index (κ1) is 15.6. The van der Waals surface area contributed by atoms with E-state index in [2.05, 4.69) is 10.6 Å². The van der Waals surface area contributed by atoms with Gasteiger partial charge in [0.05, 0.1) is 4.90 Å². The maximum atomic E-state index is 11.7. The van der Waals surface area contributed by atoms with Gasteiger partial charge in [0.15, 0.2) is 0 Å². The zero-order valence-electron chi connectivity index (χ0n) is 10.5. The van der Waals surface area contributed by atoms with Gasteiger partial charge in [-0.25, -0.2) is 13.2 Å². The smallest absolute Gasteiger partial charge is 0.308 e. The van der Waals surface area contributed by atoms with E-state index in [4.69, 9.17) is 22.3 Å². The Bertz CT molecular complexity index is 744. The summed E-state index contributed by atoms with van der Waals surface area (Å²) in [5.74, 6) is 0. The van der Waals surface area contributed by atoms with Crippen molar-refractivity contribution in [3.63, 3.8) is 0 Å². The number of rotatable bonds is 3. The third-order valence-corrected chi connectivity index (χ3v) is 4.12. The minimum atomic E-state index is -3.77. The molecular formula is C13H10Cl2N2O3S. The summed E-state index contributed by atoms with van der Waals surface area (Å²) in [7, 11) is 1.43. The summed E-state index contributed by atoms with van der Waals surface area (Å²) in [6, 6.07) is 11.7. The van der Waals surface area contributed by atoms with Crippen molar-refractivity contribution in [1.29, 1.82) is 0 Å². The summed E-state index contributed by atoms with van der Waals surface area (Å²) >= 11 is 5.74. The van der Waals surface area contributed by atoms with Crippen LogP contribution in [0.2, 0.25) is 5.02 Å². The molecule has 0 heterocycles. The lowest BCUT2D eigenvalue weighted by Gasteiger charge is -2.08. The number of hydrogen-bond acceptors (Lipinski definition) is 3. The SMILES string of the molecule is O=C(Nc1ccc(Cl)cc1)Nc1ccc(S(=O)(=O)Cl)cc1. The number of urea groups is 1. The van der Waals surface area contributed by atoms with E-state index in [1.807, 2.05) is 0 Å². The van der Waals surface area contributed by atoms with Gasteiger partial charge in [0.25, 0.3) is 9.05 Å². The zero-order chi connectivity index (χ0) is 15.5. The molecule has 2 aromatic rings. The summed E-state index contributed by atoms with van der Waals surface area (Å²) in [4.78, 5) is 11.7. The van der Waals surface area contributed by atoms with Gasteiger partial charge in [-0.1, -0.05) is 11.6 Å². The molecule has 5 nitrogen and oxygen atoms in total. The number of amides is 2. The second-order valence-electron chi connectivity index (χ2n) is 4.05. The minimum Gasteiger partial charge on any atom is -0.308 e. The standard InChI is InChI=1S/C13H10Cl2N2O3S/c14-9-1-3-10(4-2-9)16-13(18)17-11-5-7-12(8-6-11)21(15,19)20/h1-8H,(H2,16,17,18). The molecule has 0 fully saturated rings. The molecular weight excluding hydrogens is 335 g/mol. The maximum Gasteiger partial charge on any atom is 0.323 e. The number of halogens is 2. The van der Waals surface area contributed by atoms with Crippen LogP contribution in [-0.2, 0) is 9.05 Å². The fraction of sp³-hybridized carbons (Fsp3) is 0. The molecule has 0 saturated heterocycles. The lowest BCUT2D eigenvalue weighted by atomic mass is 10.3. The van der Waals surface area contributed by atoms with Crippen molar-refractivity contribution in [2.45, 2.75) is 4.90 Å². The van der Waals surface area contributed by atoms with Crippen molar-refractivity contribution in [1.82, 2.24) is 0 Å². The van der Waals surface area contributed by atoms with E-state index in [1.165, 1.54) is 24.3 Å². The summed E-state index contributed by atoms with van der Waals surface area (Å²) in [6.07, 6.45) is 0. The Morgan fingerprint density at radius 3 is 1.71 bits per heavy atom.